The highest BCUT2D eigenvalue weighted by Gasteiger charge is 2.19. The van der Waals surface area contributed by atoms with Crippen molar-refractivity contribution in [1.82, 2.24) is 4.90 Å². The minimum Gasteiger partial charge on any atom is -0.379 e. The van der Waals surface area contributed by atoms with Gasteiger partial charge >= 0.3 is 0 Å². The van der Waals surface area contributed by atoms with Gasteiger partial charge in [-0.2, -0.15) is 0 Å². The largest absolute Gasteiger partial charge is 0.379 e. The third-order valence-corrected chi connectivity index (χ3v) is 4.47. The summed E-state index contributed by atoms with van der Waals surface area (Å²) in [5.41, 5.74) is 1.83. The normalized spacial score (nSPS) is 17.3. The van der Waals surface area contributed by atoms with Gasteiger partial charge in [0.05, 0.1) is 25.2 Å². The van der Waals surface area contributed by atoms with E-state index >= 15 is 0 Å². The van der Waals surface area contributed by atoms with E-state index in [0.717, 1.165) is 24.9 Å². The second-order valence-electron chi connectivity index (χ2n) is 6.21. The summed E-state index contributed by atoms with van der Waals surface area (Å²) in [6, 6.07) is 5.17. The first-order valence-corrected chi connectivity index (χ1v) is 9.83. The Morgan fingerprint density at radius 3 is 2.62 bits per heavy atom. The highest BCUT2D eigenvalue weighted by Crippen LogP contribution is 2.21. The maximum absolute atomic E-state index is 12.4. The molecule has 0 aromatic heterocycles. The van der Waals surface area contributed by atoms with E-state index in [2.05, 4.69) is 14.9 Å². The van der Waals surface area contributed by atoms with Crippen LogP contribution in [0, 0.1) is 12.8 Å². The van der Waals surface area contributed by atoms with Crippen molar-refractivity contribution in [3.8, 4) is 0 Å². The molecule has 0 bridgehead atoms. The molecule has 0 saturated carbocycles. The molecule has 1 aromatic rings. The molecule has 0 spiro atoms. The number of anilines is 2. The van der Waals surface area contributed by atoms with Crippen molar-refractivity contribution in [3.63, 3.8) is 0 Å². The SMILES string of the molecule is Cc1ccc(NC(=O)[C@H](C)CN2CCOCC2)cc1NS(C)(=O)=O. The number of hydrogen-bond donors (Lipinski definition) is 2. The molecule has 1 fully saturated rings. The molecule has 1 aliphatic rings. The van der Waals surface area contributed by atoms with Crippen molar-refractivity contribution in [2.45, 2.75) is 13.8 Å². The maximum atomic E-state index is 12.4. The zero-order valence-corrected chi connectivity index (χ0v) is 15.1. The van der Waals surface area contributed by atoms with E-state index in [-0.39, 0.29) is 11.8 Å². The van der Waals surface area contributed by atoms with Crippen LogP contribution in [0.4, 0.5) is 11.4 Å². The lowest BCUT2D eigenvalue weighted by Gasteiger charge is -2.28. The molecule has 134 valence electrons. The fourth-order valence-electron chi connectivity index (χ4n) is 2.53. The Morgan fingerprint density at radius 1 is 1.33 bits per heavy atom. The maximum Gasteiger partial charge on any atom is 0.229 e. The van der Waals surface area contributed by atoms with Gasteiger partial charge in [-0.05, 0) is 24.6 Å². The van der Waals surface area contributed by atoms with Crippen LogP contribution in [-0.2, 0) is 19.6 Å². The molecule has 0 unspecified atom stereocenters. The summed E-state index contributed by atoms with van der Waals surface area (Å²) in [5.74, 6) is -0.258. The van der Waals surface area contributed by atoms with Crippen LogP contribution in [-0.4, -0.2) is 58.3 Å². The van der Waals surface area contributed by atoms with Gasteiger partial charge < -0.3 is 10.1 Å². The number of sulfonamides is 1. The number of amides is 1. The van der Waals surface area contributed by atoms with Gasteiger partial charge in [-0.1, -0.05) is 13.0 Å². The van der Waals surface area contributed by atoms with Gasteiger partial charge in [-0.25, -0.2) is 8.42 Å². The Bertz CT molecular complexity index is 685. The Hall–Kier alpha value is -1.64. The molecule has 2 N–H and O–H groups in total. The first-order chi connectivity index (χ1) is 11.2. The van der Waals surface area contributed by atoms with E-state index in [1.165, 1.54) is 0 Å². The summed E-state index contributed by atoms with van der Waals surface area (Å²) < 4.78 is 30.6. The first-order valence-electron chi connectivity index (χ1n) is 7.94. The number of aryl methyl sites for hydroxylation is 1. The molecule has 1 heterocycles. The van der Waals surface area contributed by atoms with E-state index in [1.54, 1.807) is 25.1 Å². The van der Waals surface area contributed by atoms with Crippen molar-refractivity contribution in [1.29, 1.82) is 0 Å². The molecule has 1 aromatic carbocycles. The number of hydrogen-bond acceptors (Lipinski definition) is 5. The van der Waals surface area contributed by atoms with Crippen LogP contribution in [0.2, 0.25) is 0 Å². The van der Waals surface area contributed by atoms with Gasteiger partial charge in [0.2, 0.25) is 15.9 Å². The van der Waals surface area contributed by atoms with Gasteiger partial charge in [-0.15, -0.1) is 0 Å². The van der Waals surface area contributed by atoms with E-state index in [1.807, 2.05) is 6.92 Å². The number of ether oxygens (including phenoxy) is 1. The van der Waals surface area contributed by atoms with E-state index in [9.17, 15) is 13.2 Å². The fourth-order valence-corrected chi connectivity index (χ4v) is 3.15. The Morgan fingerprint density at radius 2 is 2.00 bits per heavy atom. The van der Waals surface area contributed by atoms with Crippen molar-refractivity contribution in [2.24, 2.45) is 5.92 Å². The predicted molar refractivity (Wildman–Crippen MR) is 94.7 cm³/mol. The molecule has 1 atom stereocenters. The van der Waals surface area contributed by atoms with E-state index in [0.29, 0.717) is 31.1 Å². The fraction of sp³-hybridized carbons (Fsp3) is 0.562. The average Bonchev–Trinajstić information content (AvgIpc) is 2.50. The topological polar surface area (TPSA) is 87.7 Å². The quantitative estimate of drug-likeness (QED) is 0.802. The summed E-state index contributed by atoms with van der Waals surface area (Å²) in [6.07, 6.45) is 1.10. The molecular formula is C16H25N3O4S. The average molecular weight is 355 g/mol. The molecule has 0 radical (unpaired) electrons. The van der Waals surface area contributed by atoms with Crippen molar-refractivity contribution in [3.05, 3.63) is 23.8 Å². The van der Waals surface area contributed by atoms with Gasteiger partial charge in [0, 0.05) is 31.2 Å². The summed E-state index contributed by atoms with van der Waals surface area (Å²) in [7, 11) is -3.36. The van der Waals surface area contributed by atoms with Crippen LogP contribution in [0.3, 0.4) is 0 Å². The highest BCUT2D eigenvalue weighted by molar-refractivity contribution is 7.92. The second-order valence-corrected chi connectivity index (χ2v) is 7.96. The van der Waals surface area contributed by atoms with E-state index < -0.39 is 10.0 Å². The van der Waals surface area contributed by atoms with Gasteiger partial charge in [0.15, 0.2) is 0 Å². The third kappa shape index (κ3) is 5.77. The van der Waals surface area contributed by atoms with Crippen molar-refractivity contribution < 1.29 is 17.9 Å². The highest BCUT2D eigenvalue weighted by atomic mass is 32.2. The van der Waals surface area contributed by atoms with Crippen LogP contribution in [0.25, 0.3) is 0 Å². The van der Waals surface area contributed by atoms with Gasteiger partial charge in [-0.3, -0.25) is 14.4 Å². The standard InChI is InChI=1S/C16H25N3O4S/c1-12-4-5-14(10-15(12)18-24(3,21)22)17-16(20)13(2)11-19-6-8-23-9-7-19/h4-5,10,13,18H,6-9,11H2,1-3H3,(H,17,20)/t13-/m1/s1. The number of carbonyl (C=O) groups is 1. The number of morpholine rings is 1. The lowest BCUT2D eigenvalue weighted by molar-refractivity contribution is -0.120. The summed E-state index contributed by atoms with van der Waals surface area (Å²) in [5, 5.41) is 2.85. The summed E-state index contributed by atoms with van der Waals surface area (Å²) >= 11 is 0. The van der Waals surface area contributed by atoms with Crippen LogP contribution < -0.4 is 10.0 Å². The molecule has 2 rings (SSSR count). The van der Waals surface area contributed by atoms with Crippen molar-refractivity contribution >= 4 is 27.3 Å². The zero-order valence-electron chi connectivity index (χ0n) is 14.3. The second kappa shape index (κ2) is 7.96. The minimum absolute atomic E-state index is 0.0874. The lowest BCUT2D eigenvalue weighted by atomic mass is 10.1. The zero-order chi connectivity index (χ0) is 17.7. The van der Waals surface area contributed by atoms with Crippen LogP contribution in [0.1, 0.15) is 12.5 Å². The van der Waals surface area contributed by atoms with E-state index in [4.69, 9.17) is 4.74 Å². The molecule has 8 heteroatoms. The first kappa shape index (κ1) is 18.7. The van der Waals surface area contributed by atoms with Crippen LogP contribution in [0.5, 0.6) is 0 Å². The smallest absolute Gasteiger partial charge is 0.229 e. The molecule has 1 aliphatic heterocycles. The summed E-state index contributed by atoms with van der Waals surface area (Å²) in [6.45, 7) is 7.44. The summed E-state index contributed by atoms with van der Waals surface area (Å²) in [4.78, 5) is 14.6. The number of rotatable bonds is 6. The molecule has 0 aliphatic carbocycles. The molecular weight excluding hydrogens is 330 g/mol. The minimum atomic E-state index is -3.36. The Labute approximate surface area is 143 Å². The number of nitrogens with one attached hydrogen (secondary N) is 2. The van der Waals surface area contributed by atoms with Crippen LogP contribution >= 0.6 is 0 Å². The Balaban J connectivity index is 1.98. The molecule has 24 heavy (non-hydrogen) atoms. The van der Waals surface area contributed by atoms with Gasteiger partial charge in [0.1, 0.15) is 0 Å². The molecule has 1 saturated heterocycles. The molecule has 1 amide bonds. The monoisotopic (exact) mass is 355 g/mol. The third-order valence-electron chi connectivity index (χ3n) is 3.88. The predicted octanol–water partition coefficient (Wildman–Crippen LogP) is 1.27. The Kier molecular flexibility index (Phi) is 6.20. The number of benzene rings is 1. The van der Waals surface area contributed by atoms with Crippen molar-refractivity contribution in [2.75, 3.05) is 49.1 Å². The van der Waals surface area contributed by atoms with Gasteiger partial charge in [0.25, 0.3) is 0 Å². The number of nitrogens with zero attached hydrogens (tertiary/aromatic N) is 1. The lowest BCUT2D eigenvalue weighted by Crippen LogP contribution is -2.41. The van der Waals surface area contributed by atoms with Crippen LogP contribution in [0.15, 0.2) is 18.2 Å². The number of carbonyl (C=O) groups excluding carboxylic acids is 1. The molecule has 7 nitrogen and oxygen atoms in total.